The second kappa shape index (κ2) is 7.63. The molecule has 10 heteroatoms. The van der Waals surface area contributed by atoms with Crippen LogP contribution in [-0.4, -0.2) is 33.5 Å². The lowest BCUT2D eigenvalue weighted by Gasteiger charge is -2.09. The standard InChI is InChI=1S/C16H12ClFN4O3S/c1-2-25-16(24)13-14(19-15(23)12-4-3-7-26-12)22(21-20-13)9-5-6-11(18)10(17)8-9/h3-8H,2H2,1H3,(H,19,23). The highest BCUT2D eigenvalue weighted by molar-refractivity contribution is 7.12. The number of anilines is 1. The molecule has 3 rings (SSSR count). The summed E-state index contributed by atoms with van der Waals surface area (Å²) in [7, 11) is 0. The molecule has 3 aromatic rings. The Kier molecular flexibility index (Phi) is 5.29. The van der Waals surface area contributed by atoms with Gasteiger partial charge >= 0.3 is 5.97 Å². The van der Waals surface area contributed by atoms with Gasteiger partial charge in [-0.15, -0.1) is 16.4 Å². The van der Waals surface area contributed by atoms with Crippen LogP contribution in [0.5, 0.6) is 0 Å². The first-order valence-electron chi connectivity index (χ1n) is 7.44. The number of esters is 1. The number of thiophene rings is 1. The van der Waals surface area contributed by atoms with E-state index in [1.165, 1.54) is 28.2 Å². The molecule has 0 bridgehead atoms. The summed E-state index contributed by atoms with van der Waals surface area (Å²) >= 11 is 7.04. The van der Waals surface area contributed by atoms with Gasteiger partial charge in [0.25, 0.3) is 5.91 Å². The Bertz CT molecular complexity index is 959. The number of aromatic nitrogens is 3. The highest BCUT2D eigenvalue weighted by Gasteiger charge is 2.24. The van der Waals surface area contributed by atoms with E-state index in [2.05, 4.69) is 15.6 Å². The van der Waals surface area contributed by atoms with Gasteiger partial charge in [0.05, 0.1) is 22.2 Å². The van der Waals surface area contributed by atoms with Gasteiger partial charge in [-0.3, -0.25) is 4.79 Å². The molecule has 1 aromatic carbocycles. The summed E-state index contributed by atoms with van der Waals surface area (Å²) in [6, 6.07) is 7.20. The van der Waals surface area contributed by atoms with Crippen molar-refractivity contribution in [2.45, 2.75) is 6.92 Å². The fourth-order valence-electron chi connectivity index (χ4n) is 2.11. The van der Waals surface area contributed by atoms with Gasteiger partial charge in [0.15, 0.2) is 5.82 Å². The van der Waals surface area contributed by atoms with Crippen LogP contribution < -0.4 is 5.32 Å². The predicted octanol–water partition coefficient (Wildman–Crippen LogP) is 3.55. The van der Waals surface area contributed by atoms with Gasteiger partial charge in [-0.2, -0.15) is 4.68 Å². The number of halogens is 2. The summed E-state index contributed by atoms with van der Waals surface area (Å²) < 4.78 is 19.6. The van der Waals surface area contributed by atoms with Gasteiger partial charge in [0.1, 0.15) is 5.82 Å². The van der Waals surface area contributed by atoms with Crippen molar-refractivity contribution in [3.05, 3.63) is 57.1 Å². The highest BCUT2D eigenvalue weighted by atomic mass is 35.5. The van der Waals surface area contributed by atoms with Crippen LogP contribution in [-0.2, 0) is 4.74 Å². The lowest BCUT2D eigenvalue weighted by atomic mass is 10.3. The molecule has 134 valence electrons. The zero-order valence-electron chi connectivity index (χ0n) is 13.4. The Morgan fingerprint density at radius 1 is 1.38 bits per heavy atom. The lowest BCUT2D eigenvalue weighted by molar-refractivity contribution is 0.0520. The average molecular weight is 395 g/mol. The Labute approximate surface area is 156 Å². The van der Waals surface area contributed by atoms with Crippen LogP contribution in [0, 0.1) is 5.82 Å². The number of rotatable bonds is 5. The van der Waals surface area contributed by atoms with Gasteiger partial charge in [-0.25, -0.2) is 9.18 Å². The number of amides is 1. The number of benzene rings is 1. The quantitative estimate of drug-likeness (QED) is 0.669. The molecule has 0 saturated heterocycles. The molecule has 0 aliphatic rings. The van der Waals surface area contributed by atoms with Crippen molar-refractivity contribution in [1.29, 1.82) is 0 Å². The Morgan fingerprint density at radius 3 is 2.85 bits per heavy atom. The third-order valence-electron chi connectivity index (χ3n) is 3.26. The van der Waals surface area contributed by atoms with Crippen LogP contribution in [0.1, 0.15) is 27.1 Å². The van der Waals surface area contributed by atoms with E-state index in [0.29, 0.717) is 10.6 Å². The van der Waals surface area contributed by atoms with Crippen molar-refractivity contribution in [2.24, 2.45) is 0 Å². The van der Waals surface area contributed by atoms with Crippen LogP contribution in [0.25, 0.3) is 5.69 Å². The third-order valence-corrected chi connectivity index (χ3v) is 4.42. The second-order valence-electron chi connectivity index (χ2n) is 4.95. The summed E-state index contributed by atoms with van der Waals surface area (Å²) in [4.78, 5) is 25.0. The Balaban J connectivity index is 2.05. The van der Waals surface area contributed by atoms with Crippen LogP contribution in [0.4, 0.5) is 10.2 Å². The molecular weight excluding hydrogens is 383 g/mol. The van der Waals surface area contributed by atoms with Gasteiger partial charge in [0.2, 0.25) is 5.69 Å². The first-order chi connectivity index (χ1) is 12.5. The number of hydrogen-bond donors (Lipinski definition) is 1. The monoisotopic (exact) mass is 394 g/mol. The molecular formula is C16H12ClFN4O3S. The molecule has 2 aromatic heterocycles. The van der Waals surface area contributed by atoms with Crippen molar-refractivity contribution < 1.29 is 18.7 Å². The predicted molar refractivity (Wildman–Crippen MR) is 94.6 cm³/mol. The third kappa shape index (κ3) is 3.58. The fraction of sp³-hybridized carbons (Fsp3) is 0.125. The summed E-state index contributed by atoms with van der Waals surface area (Å²) in [6.07, 6.45) is 0. The Morgan fingerprint density at radius 2 is 2.19 bits per heavy atom. The van der Waals surface area contributed by atoms with Crippen molar-refractivity contribution >= 4 is 40.6 Å². The van der Waals surface area contributed by atoms with Gasteiger partial charge in [-0.1, -0.05) is 22.9 Å². The SMILES string of the molecule is CCOC(=O)c1nnn(-c2ccc(F)c(Cl)c2)c1NC(=O)c1cccs1. The number of carbonyl (C=O) groups is 2. The van der Waals surface area contributed by atoms with E-state index in [-0.39, 0.29) is 23.1 Å². The van der Waals surface area contributed by atoms with E-state index >= 15 is 0 Å². The van der Waals surface area contributed by atoms with Crippen LogP contribution >= 0.6 is 22.9 Å². The molecule has 7 nitrogen and oxygen atoms in total. The zero-order valence-corrected chi connectivity index (χ0v) is 15.0. The molecule has 2 heterocycles. The molecule has 0 saturated carbocycles. The highest BCUT2D eigenvalue weighted by Crippen LogP contribution is 2.24. The summed E-state index contributed by atoms with van der Waals surface area (Å²) in [6.45, 7) is 1.78. The minimum absolute atomic E-state index is 0.00419. The maximum absolute atomic E-state index is 13.4. The second-order valence-corrected chi connectivity index (χ2v) is 6.30. The molecule has 0 atom stereocenters. The van der Waals surface area contributed by atoms with E-state index in [1.807, 2.05) is 0 Å². The van der Waals surface area contributed by atoms with E-state index in [1.54, 1.807) is 24.4 Å². The van der Waals surface area contributed by atoms with Crippen LogP contribution in [0.3, 0.4) is 0 Å². The number of ether oxygens (including phenoxy) is 1. The number of nitrogens with zero attached hydrogens (tertiary/aromatic N) is 3. The lowest BCUT2D eigenvalue weighted by Crippen LogP contribution is -2.17. The molecule has 1 amide bonds. The maximum atomic E-state index is 13.4. The fourth-order valence-corrected chi connectivity index (χ4v) is 2.90. The van der Waals surface area contributed by atoms with Crippen molar-refractivity contribution in [3.63, 3.8) is 0 Å². The van der Waals surface area contributed by atoms with E-state index in [9.17, 15) is 14.0 Å². The minimum Gasteiger partial charge on any atom is -0.461 e. The van der Waals surface area contributed by atoms with Crippen molar-refractivity contribution in [3.8, 4) is 5.69 Å². The topological polar surface area (TPSA) is 86.1 Å². The summed E-state index contributed by atoms with van der Waals surface area (Å²) in [5.74, 6) is -1.79. The van der Waals surface area contributed by atoms with Gasteiger partial charge in [0, 0.05) is 0 Å². The van der Waals surface area contributed by atoms with E-state index in [0.717, 1.165) is 6.07 Å². The smallest absolute Gasteiger partial charge is 0.362 e. The van der Waals surface area contributed by atoms with Crippen molar-refractivity contribution in [1.82, 2.24) is 15.0 Å². The van der Waals surface area contributed by atoms with Gasteiger partial charge < -0.3 is 10.1 Å². The molecule has 0 unspecified atom stereocenters. The molecule has 0 aliphatic heterocycles. The molecule has 0 radical (unpaired) electrons. The molecule has 0 fully saturated rings. The van der Waals surface area contributed by atoms with Crippen LogP contribution in [0.2, 0.25) is 5.02 Å². The first kappa shape index (κ1) is 18.0. The molecule has 0 spiro atoms. The molecule has 26 heavy (non-hydrogen) atoms. The molecule has 1 N–H and O–H groups in total. The number of hydrogen-bond acceptors (Lipinski definition) is 6. The van der Waals surface area contributed by atoms with E-state index in [4.69, 9.17) is 16.3 Å². The minimum atomic E-state index is -0.742. The van der Waals surface area contributed by atoms with Gasteiger partial charge in [-0.05, 0) is 36.6 Å². The molecule has 0 aliphatic carbocycles. The average Bonchev–Trinajstić information content (AvgIpc) is 3.27. The Hall–Kier alpha value is -2.78. The number of carbonyl (C=O) groups excluding carboxylic acids is 2. The summed E-state index contributed by atoms with van der Waals surface area (Å²) in [5, 5.41) is 11.9. The summed E-state index contributed by atoms with van der Waals surface area (Å²) in [5.41, 5.74) is 0.151. The van der Waals surface area contributed by atoms with Crippen molar-refractivity contribution in [2.75, 3.05) is 11.9 Å². The van der Waals surface area contributed by atoms with Crippen LogP contribution in [0.15, 0.2) is 35.7 Å². The normalized spacial score (nSPS) is 10.6. The zero-order chi connectivity index (χ0) is 18.7. The maximum Gasteiger partial charge on any atom is 0.362 e. The number of nitrogens with one attached hydrogen (secondary N) is 1. The first-order valence-corrected chi connectivity index (χ1v) is 8.70. The van der Waals surface area contributed by atoms with E-state index < -0.39 is 17.7 Å². The largest absolute Gasteiger partial charge is 0.461 e.